The van der Waals surface area contributed by atoms with Crippen LogP contribution in [0.1, 0.15) is 10.4 Å². The minimum atomic E-state index is -1.62. The van der Waals surface area contributed by atoms with Crippen LogP contribution in [-0.2, 0) is 9.59 Å². The van der Waals surface area contributed by atoms with Gasteiger partial charge in [-0.1, -0.05) is 0 Å². The fraction of sp³-hybridized carbons (Fsp3) is 0.182. The van der Waals surface area contributed by atoms with E-state index in [1.807, 2.05) is 5.32 Å². The molecule has 1 aromatic carbocycles. The van der Waals surface area contributed by atoms with Crippen molar-refractivity contribution >= 4 is 29.2 Å². The molecule has 0 atom stereocenters. The first-order chi connectivity index (χ1) is 9.79. The summed E-state index contributed by atoms with van der Waals surface area (Å²) in [5, 5.41) is 21.7. The van der Waals surface area contributed by atoms with Crippen LogP contribution in [0.5, 0.6) is 0 Å². The number of imide groups is 1. The van der Waals surface area contributed by atoms with Crippen LogP contribution in [-0.4, -0.2) is 40.9 Å². The van der Waals surface area contributed by atoms with Crippen molar-refractivity contribution in [2.45, 2.75) is 0 Å². The Labute approximate surface area is 116 Å². The number of hydrogen-bond acceptors (Lipinski definition) is 6. The Kier molecular flexibility index (Phi) is 3.52. The average molecular weight is 297 g/mol. The maximum Gasteiger partial charge on any atom is 0.342 e. The monoisotopic (exact) mass is 297 g/mol. The van der Waals surface area contributed by atoms with Gasteiger partial charge in [0.1, 0.15) is 5.56 Å². The van der Waals surface area contributed by atoms with Crippen LogP contribution in [0.3, 0.4) is 0 Å². The number of carbonyl (C=O) groups is 3. The summed E-state index contributed by atoms with van der Waals surface area (Å²) in [6.07, 6.45) is 0. The first kappa shape index (κ1) is 14.4. The number of benzene rings is 1. The van der Waals surface area contributed by atoms with E-state index in [1.54, 1.807) is 0 Å². The minimum Gasteiger partial charge on any atom is -0.477 e. The summed E-state index contributed by atoms with van der Waals surface area (Å²) in [5.41, 5.74) is -1.99. The minimum absolute atomic E-state index is 0.360. The van der Waals surface area contributed by atoms with Gasteiger partial charge in [-0.2, -0.15) is 0 Å². The van der Waals surface area contributed by atoms with Gasteiger partial charge in [0.2, 0.25) is 11.8 Å². The topological polar surface area (TPSA) is 130 Å². The number of nitrogens with zero attached hydrogens (tertiary/aromatic N) is 2. The molecule has 0 spiro atoms. The number of rotatable bonds is 3. The number of halogens is 1. The van der Waals surface area contributed by atoms with Crippen LogP contribution in [0.2, 0.25) is 0 Å². The molecule has 10 heteroatoms. The number of nitro benzene ring substituents is 1. The Morgan fingerprint density at radius 2 is 1.90 bits per heavy atom. The van der Waals surface area contributed by atoms with E-state index >= 15 is 0 Å². The van der Waals surface area contributed by atoms with Gasteiger partial charge >= 0.3 is 5.97 Å². The van der Waals surface area contributed by atoms with E-state index in [0.717, 1.165) is 11.0 Å². The molecule has 1 heterocycles. The SMILES string of the molecule is O=C1CN(c2cc(C(=O)O)c([N+](=O)[O-])cc2F)CC(=O)N1. The Bertz CT molecular complexity index is 658. The summed E-state index contributed by atoms with van der Waals surface area (Å²) in [6.45, 7) is -0.723. The number of nitrogens with one attached hydrogen (secondary N) is 1. The van der Waals surface area contributed by atoms with Crippen LogP contribution in [0, 0.1) is 15.9 Å². The van der Waals surface area contributed by atoms with Crippen molar-refractivity contribution in [3.05, 3.63) is 33.6 Å². The fourth-order valence-electron chi connectivity index (χ4n) is 1.92. The van der Waals surface area contributed by atoms with Crippen molar-refractivity contribution in [1.82, 2.24) is 5.32 Å². The van der Waals surface area contributed by atoms with Crippen molar-refractivity contribution in [3.63, 3.8) is 0 Å². The normalized spacial score (nSPS) is 14.8. The lowest BCUT2D eigenvalue weighted by atomic mass is 10.1. The van der Waals surface area contributed by atoms with E-state index in [9.17, 15) is 28.9 Å². The highest BCUT2D eigenvalue weighted by Gasteiger charge is 2.29. The predicted octanol–water partition coefficient (Wildman–Crippen LogP) is -0.105. The summed E-state index contributed by atoms with van der Waals surface area (Å²) in [5.74, 6) is -4.06. The molecule has 0 radical (unpaired) electrons. The van der Waals surface area contributed by atoms with E-state index in [2.05, 4.69) is 0 Å². The Morgan fingerprint density at radius 3 is 2.38 bits per heavy atom. The van der Waals surface area contributed by atoms with Gasteiger partial charge in [-0.25, -0.2) is 9.18 Å². The van der Waals surface area contributed by atoms with Gasteiger partial charge in [-0.15, -0.1) is 0 Å². The van der Waals surface area contributed by atoms with Gasteiger partial charge in [0.25, 0.3) is 5.69 Å². The third-order valence-corrected chi connectivity index (χ3v) is 2.78. The number of anilines is 1. The van der Waals surface area contributed by atoms with Gasteiger partial charge in [-0.05, 0) is 6.07 Å². The number of hydrogen-bond donors (Lipinski definition) is 2. The Balaban J connectivity index is 2.52. The number of carboxylic acid groups (broad SMARTS) is 1. The largest absolute Gasteiger partial charge is 0.477 e. The molecular weight excluding hydrogens is 289 g/mol. The lowest BCUT2D eigenvalue weighted by Crippen LogP contribution is -2.51. The number of nitro groups is 1. The van der Waals surface area contributed by atoms with Crippen molar-refractivity contribution < 1.29 is 28.8 Å². The summed E-state index contributed by atoms with van der Waals surface area (Å²) in [7, 11) is 0. The van der Waals surface area contributed by atoms with E-state index in [4.69, 9.17) is 5.11 Å². The third-order valence-electron chi connectivity index (χ3n) is 2.78. The van der Waals surface area contributed by atoms with Gasteiger partial charge < -0.3 is 10.0 Å². The predicted molar refractivity (Wildman–Crippen MR) is 65.4 cm³/mol. The summed E-state index contributed by atoms with van der Waals surface area (Å²) >= 11 is 0. The summed E-state index contributed by atoms with van der Waals surface area (Å²) in [6, 6.07) is 1.19. The lowest BCUT2D eigenvalue weighted by molar-refractivity contribution is -0.385. The number of amides is 2. The Morgan fingerprint density at radius 1 is 1.33 bits per heavy atom. The van der Waals surface area contributed by atoms with E-state index in [-0.39, 0.29) is 18.8 Å². The quantitative estimate of drug-likeness (QED) is 0.452. The Hall–Kier alpha value is -3.04. The van der Waals surface area contributed by atoms with Gasteiger partial charge in [0.15, 0.2) is 5.82 Å². The highest BCUT2D eigenvalue weighted by atomic mass is 19.1. The van der Waals surface area contributed by atoms with E-state index in [0.29, 0.717) is 6.07 Å². The first-order valence-corrected chi connectivity index (χ1v) is 5.58. The molecule has 0 saturated carbocycles. The first-order valence-electron chi connectivity index (χ1n) is 5.58. The van der Waals surface area contributed by atoms with Crippen LogP contribution in [0.4, 0.5) is 15.8 Å². The maximum absolute atomic E-state index is 13.9. The zero-order valence-corrected chi connectivity index (χ0v) is 10.3. The number of aromatic carboxylic acids is 1. The fourth-order valence-corrected chi connectivity index (χ4v) is 1.92. The molecule has 0 aliphatic carbocycles. The molecule has 2 rings (SSSR count). The molecule has 0 bridgehead atoms. The lowest BCUT2D eigenvalue weighted by Gasteiger charge is -2.27. The van der Waals surface area contributed by atoms with E-state index in [1.165, 1.54) is 0 Å². The second-order valence-electron chi connectivity index (χ2n) is 4.21. The highest BCUT2D eigenvalue weighted by molar-refractivity contribution is 6.03. The van der Waals surface area contributed by atoms with Gasteiger partial charge in [-0.3, -0.25) is 25.0 Å². The molecule has 1 aliphatic heterocycles. The third kappa shape index (κ3) is 2.78. The highest BCUT2D eigenvalue weighted by Crippen LogP contribution is 2.29. The van der Waals surface area contributed by atoms with Crippen LogP contribution in [0.15, 0.2) is 12.1 Å². The van der Waals surface area contributed by atoms with Gasteiger partial charge in [0.05, 0.1) is 29.8 Å². The molecule has 9 nitrogen and oxygen atoms in total. The van der Waals surface area contributed by atoms with Crippen molar-refractivity contribution in [2.24, 2.45) is 0 Å². The van der Waals surface area contributed by atoms with Crippen LogP contribution >= 0.6 is 0 Å². The van der Waals surface area contributed by atoms with Gasteiger partial charge in [0, 0.05) is 0 Å². The standard InChI is InChI=1S/C11H8FN3O6/c12-6-2-7(15(20)21)5(11(18)19)1-8(6)14-3-9(16)13-10(17)4-14/h1-2H,3-4H2,(H,18,19)(H,13,16,17). The molecule has 1 aromatic rings. The zero-order chi connectivity index (χ0) is 15.7. The number of piperazine rings is 1. The molecule has 2 amide bonds. The second kappa shape index (κ2) is 5.15. The molecule has 21 heavy (non-hydrogen) atoms. The van der Waals surface area contributed by atoms with Crippen LogP contribution < -0.4 is 10.2 Å². The summed E-state index contributed by atoms with van der Waals surface area (Å²) < 4.78 is 13.9. The zero-order valence-electron chi connectivity index (χ0n) is 10.3. The molecule has 0 unspecified atom stereocenters. The van der Waals surface area contributed by atoms with Crippen LogP contribution in [0.25, 0.3) is 0 Å². The molecular formula is C11H8FN3O6. The van der Waals surface area contributed by atoms with Crippen molar-refractivity contribution in [2.75, 3.05) is 18.0 Å². The molecule has 110 valence electrons. The molecule has 1 aliphatic rings. The number of carboxylic acids is 1. The average Bonchev–Trinajstić information content (AvgIpc) is 2.36. The van der Waals surface area contributed by atoms with Crippen molar-refractivity contribution in [1.29, 1.82) is 0 Å². The summed E-state index contributed by atoms with van der Waals surface area (Å²) in [4.78, 5) is 44.2. The number of carbonyl (C=O) groups excluding carboxylic acids is 2. The van der Waals surface area contributed by atoms with Crippen molar-refractivity contribution in [3.8, 4) is 0 Å². The molecule has 2 N–H and O–H groups in total. The molecule has 0 aromatic heterocycles. The smallest absolute Gasteiger partial charge is 0.342 e. The molecule has 1 saturated heterocycles. The maximum atomic E-state index is 13.9. The molecule has 1 fully saturated rings. The van der Waals surface area contributed by atoms with E-state index < -0.39 is 39.8 Å². The second-order valence-corrected chi connectivity index (χ2v) is 4.21.